The van der Waals surface area contributed by atoms with Gasteiger partial charge in [-0.1, -0.05) is 36.4 Å². The van der Waals surface area contributed by atoms with Gasteiger partial charge in [-0.25, -0.2) is 9.59 Å². The highest BCUT2D eigenvalue weighted by Crippen LogP contribution is 2.32. The minimum absolute atomic E-state index is 0.165. The molecule has 5 heteroatoms. The summed E-state index contributed by atoms with van der Waals surface area (Å²) < 4.78 is 15.9. The van der Waals surface area contributed by atoms with Crippen LogP contribution in [0, 0.1) is 6.92 Å². The summed E-state index contributed by atoms with van der Waals surface area (Å²) >= 11 is 0. The third-order valence-electron chi connectivity index (χ3n) is 4.50. The van der Waals surface area contributed by atoms with Gasteiger partial charge in [0.1, 0.15) is 11.3 Å². The zero-order valence-corrected chi connectivity index (χ0v) is 14.8. The first-order valence-electron chi connectivity index (χ1n) is 8.40. The molecule has 0 amide bonds. The summed E-state index contributed by atoms with van der Waals surface area (Å²) in [4.78, 5) is 24.1. The van der Waals surface area contributed by atoms with Gasteiger partial charge in [0.15, 0.2) is 0 Å². The van der Waals surface area contributed by atoms with E-state index >= 15 is 0 Å². The fraction of sp³-hybridized carbons (Fsp3) is 0.0909. The van der Waals surface area contributed by atoms with Crippen LogP contribution >= 0.6 is 0 Å². The van der Waals surface area contributed by atoms with Gasteiger partial charge >= 0.3 is 11.9 Å². The number of fused-ring (bicyclic) bond motifs is 3. The summed E-state index contributed by atoms with van der Waals surface area (Å²) in [5.74, 6) is -0.553. The normalized spacial score (nSPS) is 10.9. The zero-order chi connectivity index (χ0) is 19.0. The Morgan fingerprint density at radius 1 is 0.852 bits per heavy atom. The van der Waals surface area contributed by atoms with E-state index in [0.29, 0.717) is 16.9 Å². The van der Waals surface area contributed by atoms with Crippen LogP contribution < -0.4 is 4.74 Å². The summed E-state index contributed by atoms with van der Waals surface area (Å²) in [5.41, 5.74) is 1.77. The third kappa shape index (κ3) is 2.93. The molecule has 1 heterocycles. The molecule has 5 nitrogen and oxygen atoms in total. The van der Waals surface area contributed by atoms with Crippen LogP contribution in [0.3, 0.4) is 0 Å². The number of esters is 2. The van der Waals surface area contributed by atoms with Crippen LogP contribution in [0.5, 0.6) is 5.75 Å². The molecule has 134 valence electrons. The molecular formula is C22H16O5. The number of carbonyl (C=O) groups is 2. The standard InChI is InChI=1S/C22H16O5/c1-13-17-12-9-14-5-3-4-6-18(14)20(17)27-19(13)22(24)26-16-10-7-15(8-11-16)21(23)25-2/h3-12H,1-2H3. The summed E-state index contributed by atoms with van der Waals surface area (Å²) in [6, 6.07) is 17.9. The van der Waals surface area contributed by atoms with E-state index in [1.54, 1.807) is 0 Å². The van der Waals surface area contributed by atoms with Gasteiger partial charge in [0.05, 0.1) is 12.7 Å². The lowest BCUT2D eigenvalue weighted by atomic mass is 10.1. The van der Waals surface area contributed by atoms with Gasteiger partial charge < -0.3 is 13.9 Å². The van der Waals surface area contributed by atoms with E-state index in [4.69, 9.17) is 9.15 Å². The van der Waals surface area contributed by atoms with Crippen molar-refractivity contribution >= 4 is 33.7 Å². The quantitative estimate of drug-likeness (QED) is 0.384. The molecule has 27 heavy (non-hydrogen) atoms. The summed E-state index contributed by atoms with van der Waals surface area (Å²) in [7, 11) is 1.31. The van der Waals surface area contributed by atoms with Gasteiger partial charge in [0.2, 0.25) is 5.76 Å². The molecule has 0 aliphatic heterocycles. The van der Waals surface area contributed by atoms with E-state index in [1.165, 1.54) is 31.4 Å². The molecule has 1 aromatic heterocycles. The van der Waals surface area contributed by atoms with Crippen molar-refractivity contribution in [3.63, 3.8) is 0 Å². The highest BCUT2D eigenvalue weighted by Gasteiger charge is 2.21. The largest absolute Gasteiger partial charge is 0.465 e. The van der Waals surface area contributed by atoms with E-state index in [9.17, 15) is 9.59 Å². The molecule has 4 rings (SSSR count). The molecule has 4 aromatic rings. The smallest absolute Gasteiger partial charge is 0.379 e. The minimum Gasteiger partial charge on any atom is -0.465 e. The van der Waals surface area contributed by atoms with Crippen LogP contribution in [0.2, 0.25) is 0 Å². The van der Waals surface area contributed by atoms with Crippen LogP contribution in [0.25, 0.3) is 21.7 Å². The van der Waals surface area contributed by atoms with Crippen LogP contribution in [0.4, 0.5) is 0 Å². The molecule has 0 atom stereocenters. The van der Waals surface area contributed by atoms with Crippen LogP contribution in [0.1, 0.15) is 26.5 Å². The molecule has 0 bridgehead atoms. The van der Waals surface area contributed by atoms with Gasteiger partial charge in [-0.3, -0.25) is 0 Å². The average Bonchev–Trinajstić information content (AvgIpc) is 3.05. The van der Waals surface area contributed by atoms with E-state index < -0.39 is 11.9 Å². The molecule has 0 saturated carbocycles. The van der Waals surface area contributed by atoms with Gasteiger partial charge in [-0.2, -0.15) is 0 Å². The van der Waals surface area contributed by atoms with Crippen molar-refractivity contribution in [2.45, 2.75) is 6.92 Å². The molecule has 0 unspecified atom stereocenters. The first-order valence-corrected chi connectivity index (χ1v) is 8.40. The average molecular weight is 360 g/mol. The topological polar surface area (TPSA) is 65.7 Å². The maximum Gasteiger partial charge on any atom is 0.379 e. The number of hydrogen-bond donors (Lipinski definition) is 0. The maximum atomic E-state index is 12.6. The Morgan fingerprint density at radius 2 is 1.59 bits per heavy atom. The van der Waals surface area contributed by atoms with Gasteiger partial charge in [-0.05, 0) is 36.6 Å². The lowest BCUT2D eigenvalue weighted by Gasteiger charge is -2.04. The Bertz CT molecular complexity index is 1170. The van der Waals surface area contributed by atoms with Crippen molar-refractivity contribution in [2.24, 2.45) is 0 Å². The van der Waals surface area contributed by atoms with Crippen LogP contribution in [-0.2, 0) is 4.74 Å². The maximum absolute atomic E-state index is 12.6. The predicted octanol–water partition coefficient (Wildman–Crippen LogP) is 4.90. The molecule has 0 N–H and O–H groups in total. The second-order valence-electron chi connectivity index (χ2n) is 6.13. The Kier molecular flexibility index (Phi) is 4.12. The van der Waals surface area contributed by atoms with E-state index in [1.807, 2.05) is 43.3 Å². The van der Waals surface area contributed by atoms with Crippen molar-refractivity contribution in [2.75, 3.05) is 7.11 Å². The van der Waals surface area contributed by atoms with Crippen molar-refractivity contribution in [1.82, 2.24) is 0 Å². The summed E-state index contributed by atoms with van der Waals surface area (Å²) in [5, 5.41) is 2.86. The summed E-state index contributed by atoms with van der Waals surface area (Å²) in [6.07, 6.45) is 0. The summed E-state index contributed by atoms with van der Waals surface area (Å²) in [6.45, 7) is 1.83. The highest BCUT2D eigenvalue weighted by molar-refractivity contribution is 6.08. The number of ether oxygens (including phenoxy) is 2. The number of furan rings is 1. The van der Waals surface area contributed by atoms with Crippen molar-refractivity contribution in [1.29, 1.82) is 0 Å². The molecular weight excluding hydrogens is 344 g/mol. The van der Waals surface area contributed by atoms with E-state index in [-0.39, 0.29) is 5.76 Å². The lowest BCUT2D eigenvalue weighted by Crippen LogP contribution is -2.09. The molecule has 0 spiro atoms. The monoisotopic (exact) mass is 360 g/mol. The lowest BCUT2D eigenvalue weighted by molar-refractivity contribution is 0.0600. The van der Waals surface area contributed by atoms with E-state index in [0.717, 1.165) is 21.7 Å². The highest BCUT2D eigenvalue weighted by atomic mass is 16.5. The zero-order valence-electron chi connectivity index (χ0n) is 14.8. The first kappa shape index (κ1) is 16.8. The number of benzene rings is 3. The van der Waals surface area contributed by atoms with Crippen LogP contribution in [0.15, 0.2) is 65.1 Å². The van der Waals surface area contributed by atoms with Crippen LogP contribution in [-0.4, -0.2) is 19.0 Å². The first-order chi connectivity index (χ1) is 13.1. The third-order valence-corrected chi connectivity index (χ3v) is 4.50. The Balaban J connectivity index is 1.67. The number of hydrogen-bond acceptors (Lipinski definition) is 5. The van der Waals surface area contributed by atoms with E-state index in [2.05, 4.69) is 4.74 Å². The fourth-order valence-electron chi connectivity index (χ4n) is 3.07. The number of methoxy groups -OCH3 is 1. The molecule has 0 radical (unpaired) electrons. The van der Waals surface area contributed by atoms with Crippen molar-refractivity contribution in [3.8, 4) is 5.75 Å². The van der Waals surface area contributed by atoms with Crippen molar-refractivity contribution in [3.05, 3.63) is 77.6 Å². The van der Waals surface area contributed by atoms with Gasteiger partial charge in [-0.15, -0.1) is 0 Å². The predicted molar refractivity (Wildman–Crippen MR) is 101 cm³/mol. The minimum atomic E-state index is -0.585. The molecule has 0 fully saturated rings. The number of aryl methyl sites for hydroxylation is 1. The second-order valence-corrected chi connectivity index (χ2v) is 6.13. The Hall–Kier alpha value is -3.60. The molecule has 0 aliphatic rings. The van der Waals surface area contributed by atoms with Gasteiger partial charge in [0.25, 0.3) is 0 Å². The molecule has 3 aromatic carbocycles. The fourth-order valence-corrected chi connectivity index (χ4v) is 3.07. The number of carbonyl (C=O) groups excluding carboxylic acids is 2. The second kappa shape index (κ2) is 6.61. The molecule has 0 aliphatic carbocycles. The van der Waals surface area contributed by atoms with Crippen molar-refractivity contribution < 1.29 is 23.5 Å². The van der Waals surface area contributed by atoms with Gasteiger partial charge in [0, 0.05) is 16.3 Å². The SMILES string of the molecule is COC(=O)c1ccc(OC(=O)c2oc3c(ccc4ccccc43)c2C)cc1. The number of rotatable bonds is 3. The Morgan fingerprint density at radius 3 is 2.33 bits per heavy atom. The Labute approximate surface area is 155 Å². The molecule has 0 saturated heterocycles.